The monoisotopic (exact) mass is 245 g/mol. The Bertz CT molecular complexity index is 275. The van der Waals surface area contributed by atoms with Crippen LogP contribution in [0.25, 0.3) is 0 Å². The van der Waals surface area contributed by atoms with Gasteiger partial charge in [-0.15, -0.1) is 0 Å². The van der Waals surface area contributed by atoms with E-state index in [1.807, 2.05) is 0 Å². The van der Waals surface area contributed by atoms with E-state index >= 15 is 0 Å². The van der Waals surface area contributed by atoms with Crippen molar-refractivity contribution in [3.63, 3.8) is 0 Å². The third-order valence-corrected chi connectivity index (χ3v) is 2.65. The van der Waals surface area contributed by atoms with Crippen LogP contribution in [0.15, 0.2) is 0 Å². The number of carbonyl (C=O) groups is 2. The Hall–Kier alpha value is -1.14. The first-order chi connectivity index (χ1) is 8.00. The number of likely N-dealkylation sites (N-methyl/N-ethyl adjacent to an activating group) is 1. The predicted octanol–water partition coefficient (Wildman–Crippen LogP) is 0.114. The smallest absolute Gasteiger partial charge is 0.323 e. The van der Waals surface area contributed by atoms with Gasteiger partial charge in [-0.25, -0.2) is 0 Å². The first kappa shape index (κ1) is 13.9. The lowest BCUT2D eigenvalue weighted by Crippen LogP contribution is -2.40. The van der Waals surface area contributed by atoms with E-state index in [0.717, 1.165) is 24.3 Å². The molecule has 0 aliphatic carbocycles. The molecule has 0 aromatic heterocycles. The zero-order valence-corrected chi connectivity index (χ0v) is 10.2. The van der Waals surface area contributed by atoms with Crippen molar-refractivity contribution in [3.05, 3.63) is 0 Å². The molecule has 0 spiro atoms. The molecular formula is C11H19NO5. The van der Waals surface area contributed by atoms with Crippen LogP contribution in [0.1, 0.15) is 19.8 Å². The van der Waals surface area contributed by atoms with Gasteiger partial charge in [0.25, 0.3) is 5.91 Å². The topological polar surface area (TPSA) is 76.1 Å². The molecule has 0 saturated carbocycles. The van der Waals surface area contributed by atoms with E-state index in [4.69, 9.17) is 14.6 Å². The molecule has 1 saturated heterocycles. The largest absolute Gasteiger partial charge is 0.480 e. The second-order valence-corrected chi connectivity index (χ2v) is 4.20. The van der Waals surface area contributed by atoms with Gasteiger partial charge in [-0.05, 0) is 19.8 Å². The Morgan fingerprint density at radius 1 is 1.59 bits per heavy atom. The quantitative estimate of drug-likeness (QED) is 0.719. The van der Waals surface area contributed by atoms with E-state index in [1.165, 1.54) is 7.05 Å². The zero-order valence-electron chi connectivity index (χ0n) is 10.2. The van der Waals surface area contributed by atoms with Gasteiger partial charge >= 0.3 is 5.97 Å². The summed E-state index contributed by atoms with van der Waals surface area (Å²) in [4.78, 5) is 23.3. The number of hydrogen-bond acceptors (Lipinski definition) is 4. The van der Waals surface area contributed by atoms with Crippen molar-refractivity contribution in [3.8, 4) is 0 Å². The molecule has 0 radical (unpaired) electrons. The van der Waals surface area contributed by atoms with Gasteiger partial charge in [-0.3, -0.25) is 9.59 Å². The molecule has 0 aromatic carbocycles. The van der Waals surface area contributed by atoms with Crippen molar-refractivity contribution in [1.82, 2.24) is 4.90 Å². The number of ether oxygens (including phenoxy) is 2. The molecule has 2 atom stereocenters. The molecule has 6 heteroatoms. The minimum atomic E-state index is -1.04. The van der Waals surface area contributed by atoms with E-state index in [1.54, 1.807) is 6.92 Å². The number of amides is 1. The summed E-state index contributed by atoms with van der Waals surface area (Å²) in [6.07, 6.45) is 1.40. The predicted molar refractivity (Wildman–Crippen MR) is 59.7 cm³/mol. The Balaban J connectivity index is 2.27. The van der Waals surface area contributed by atoms with E-state index in [9.17, 15) is 9.59 Å². The highest BCUT2D eigenvalue weighted by Gasteiger charge is 2.22. The van der Waals surface area contributed by atoms with Gasteiger partial charge in [-0.2, -0.15) is 0 Å². The summed E-state index contributed by atoms with van der Waals surface area (Å²) >= 11 is 0. The molecule has 1 amide bonds. The van der Waals surface area contributed by atoms with Crippen LogP contribution in [-0.2, 0) is 19.1 Å². The number of rotatable bonds is 6. The van der Waals surface area contributed by atoms with Gasteiger partial charge < -0.3 is 19.5 Å². The van der Waals surface area contributed by atoms with Crippen LogP contribution in [0.2, 0.25) is 0 Å². The molecule has 0 unspecified atom stereocenters. The Morgan fingerprint density at radius 3 is 2.82 bits per heavy atom. The van der Waals surface area contributed by atoms with Crippen molar-refractivity contribution in [2.75, 3.05) is 26.8 Å². The fourth-order valence-corrected chi connectivity index (χ4v) is 1.69. The van der Waals surface area contributed by atoms with Gasteiger partial charge in [0.05, 0.1) is 12.7 Å². The highest BCUT2D eigenvalue weighted by molar-refractivity contribution is 5.84. The highest BCUT2D eigenvalue weighted by Crippen LogP contribution is 2.13. The summed E-state index contributed by atoms with van der Waals surface area (Å²) in [6.45, 7) is 2.44. The van der Waals surface area contributed by atoms with Crippen LogP contribution in [-0.4, -0.2) is 60.9 Å². The summed E-state index contributed by atoms with van der Waals surface area (Å²) in [7, 11) is 1.45. The molecular weight excluding hydrogens is 226 g/mol. The second-order valence-electron chi connectivity index (χ2n) is 4.20. The molecule has 0 aromatic rings. The molecule has 1 heterocycles. The molecule has 1 N–H and O–H groups in total. The number of aliphatic carboxylic acids is 1. The maximum atomic E-state index is 11.7. The first-order valence-electron chi connectivity index (χ1n) is 5.70. The van der Waals surface area contributed by atoms with Crippen LogP contribution in [0.3, 0.4) is 0 Å². The Labute approximate surface area is 100 Å². The number of hydrogen-bond donors (Lipinski definition) is 1. The Morgan fingerprint density at radius 2 is 2.29 bits per heavy atom. The van der Waals surface area contributed by atoms with Gasteiger partial charge in [0.2, 0.25) is 0 Å². The standard InChI is InChI=1S/C11H19NO5/c1-8(11(15)12(2)6-10(13)14)17-7-9-4-3-5-16-9/h8-9H,3-7H2,1-2H3,(H,13,14)/t8-,9-/m1/s1. The maximum absolute atomic E-state index is 11.7. The molecule has 1 aliphatic heterocycles. The van der Waals surface area contributed by atoms with E-state index in [0.29, 0.717) is 6.61 Å². The number of carbonyl (C=O) groups excluding carboxylic acids is 1. The lowest BCUT2D eigenvalue weighted by atomic mass is 10.2. The first-order valence-corrected chi connectivity index (χ1v) is 5.70. The van der Waals surface area contributed by atoms with Crippen LogP contribution in [0.5, 0.6) is 0 Å². The number of nitrogens with zero attached hydrogens (tertiary/aromatic N) is 1. The summed E-state index contributed by atoms with van der Waals surface area (Å²) in [5, 5.41) is 8.56. The van der Waals surface area contributed by atoms with Crippen LogP contribution >= 0.6 is 0 Å². The molecule has 98 valence electrons. The van der Waals surface area contributed by atoms with Crippen LogP contribution in [0, 0.1) is 0 Å². The van der Waals surface area contributed by atoms with E-state index in [2.05, 4.69) is 0 Å². The number of carboxylic acids is 1. The maximum Gasteiger partial charge on any atom is 0.323 e. The molecule has 1 aliphatic rings. The summed E-state index contributed by atoms with van der Waals surface area (Å²) < 4.78 is 10.7. The van der Waals surface area contributed by atoms with Crippen molar-refractivity contribution >= 4 is 11.9 Å². The summed E-state index contributed by atoms with van der Waals surface area (Å²) in [5.41, 5.74) is 0. The van der Waals surface area contributed by atoms with Crippen molar-refractivity contribution in [2.24, 2.45) is 0 Å². The van der Waals surface area contributed by atoms with Gasteiger partial charge in [-0.1, -0.05) is 0 Å². The van der Waals surface area contributed by atoms with Gasteiger partial charge in [0, 0.05) is 13.7 Å². The normalized spacial score (nSPS) is 21.2. The summed E-state index contributed by atoms with van der Waals surface area (Å²) in [6, 6.07) is 0. The van der Waals surface area contributed by atoms with E-state index in [-0.39, 0.29) is 18.6 Å². The third-order valence-electron chi connectivity index (χ3n) is 2.65. The fourth-order valence-electron chi connectivity index (χ4n) is 1.69. The van der Waals surface area contributed by atoms with Crippen LogP contribution in [0.4, 0.5) is 0 Å². The molecule has 1 fully saturated rings. The van der Waals surface area contributed by atoms with Crippen molar-refractivity contribution < 1.29 is 24.2 Å². The van der Waals surface area contributed by atoms with Gasteiger partial charge in [0.1, 0.15) is 12.6 Å². The van der Waals surface area contributed by atoms with Crippen molar-refractivity contribution in [1.29, 1.82) is 0 Å². The zero-order chi connectivity index (χ0) is 12.8. The average Bonchev–Trinajstić information content (AvgIpc) is 2.76. The molecule has 1 rings (SSSR count). The molecule has 17 heavy (non-hydrogen) atoms. The summed E-state index contributed by atoms with van der Waals surface area (Å²) in [5.74, 6) is -1.36. The van der Waals surface area contributed by atoms with Crippen LogP contribution < -0.4 is 0 Å². The lowest BCUT2D eigenvalue weighted by Gasteiger charge is -2.21. The second kappa shape index (κ2) is 6.56. The molecule has 0 bridgehead atoms. The highest BCUT2D eigenvalue weighted by atomic mass is 16.5. The lowest BCUT2D eigenvalue weighted by molar-refractivity contribution is -0.149. The van der Waals surface area contributed by atoms with Crippen molar-refractivity contribution in [2.45, 2.75) is 32.0 Å². The minimum Gasteiger partial charge on any atom is -0.480 e. The minimum absolute atomic E-state index is 0.0648. The third kappa shape index (κ3) is 4.70. The van der Waals surface area contributed by atoms with E-state index < -0.39 is 12.1 Å². The molecule has 6 nitrogen and oxygen atoms in total. The average molecular weight is 245 g/mol. The SMILES string of the molecule is C[C@@H](OC[C@H]1CCCO1)C(=O)N(C)CC(=O)O. The van der Waals surface area contributed by atoms with Gasteiger partial charge in [0.15, 0.2) is 0 Å². The fraction of sp³-hybridized carbons (Fsp3) is 0.818. The Kier molecular flexibility index (Phi) is 5.37. The number of carboxylic acid groups (broad SMARTS) is 1.